The molecule has 8 heterocycles. The SMILES string of the molecule is COC(=O)C1=Cc2cc(Cl)ccc2C(N2CCN(C(=O)OC(C)(C)C)CC2)c2ncc(Br)cc21.Cn1cncc1C(C)(O)C1=Cc2cc(Cl)ccc2[C@@H](N2CCNCC2)c2ncc(Br)cc21.Cn1cncc1C(C)(O)C1=Cc2cc(Cl)ccc2[C@@H](N2CCNCC2)c2ncc(Br)cc21. The molecule has 512 valence electrons. The molecule has 3 saturated heterocycles. The number of aryl methyl sites for hydroxylation is 2. The number of benzene rings is 3. The molecular formula is C73H77Br3Cl3N13O6. The third-order valence-corrected chi connectivity index (χ3v) is 20.7. The van der Waals surface area contributed by atoms with Gasteiger partial charge >= 0.3 is 12.1 Å². The van der Waals surface area contributed by atoms with Crippen LogP contribution in [-0.4, -0.2) is 167 Å². The number of piperazine rings is 3. The van der Waals surface area contributed by atoms with Gasteiger partial charge in [-0.15, -0.1) is 0 Å². The second-order valence-corrected chi connectivity index (χ2v) is 30.5. The second kappa shape index (κ2) is 29.6. The fourth-order valence-corrected chi connectivity index (χ4v) is 15.6. The van der Waals surface area contributed by atoms with Gasteiger partial charge in [0, 0.05) is 156 Å². The van der Waals surface area contributed by atoms with Gasteiger partial charge in [-0.05, 0) is 200 Å². The van der Waals surface area contributed by atoms with Crippen LogP contribution in [0.1, 0.15) is 131 Å². The first-order chi connectivity index (χ1) is 46.8. The van der Waals surface area contributed by atoms with Crippen molar-refractivity contribution in [1.82, 2.24) is 64.3 Å². The Labute approximate surface area is 611 Å². The van der Waals surface area contributed by atoms with Gasteiger partial charge in [0.15, 0.2) is 0 Å². The standard InChI is InChI=1S/C25H27BrClN3O4.2C24H25BrClN5O/c1-25(2,3)34-24(32)30-9-7-29(8-10-30)22-18-6-5-17(27)11-15(18)12-20(23(31)33-4)19-13-16(26)14-28-21(19)22;2*1-24(32,21-13-28-14-30(21)2)20-10-15-9-17(26)3-4-18(15)23(31-7-5-27-6-8-31)22-19(20)11-16(25)12-29-22/h5-6,11-14,22H,7-10H2,1-4H3;2*3-4,9-14,23,27,32H,5-8H2,1-2H3/t;2*23-,24?/m.11/s1. The van der Waals surface area contributed by atoms with Crippen molar-refractivity contribution in [2.45, 2.75) is 69.5 Å². The monoisotopic (exact) mass is 1570 g/mol. The average molecular weight is 1580 g/mol. The Bertz CT molecular complexity index is 4250. The summed E-state index contributed by atoms with van der Waals surface area (Å²) in [5.74, 6) is -0.442. The zero-order chi connectivity index (χ0) is 69.5. The van der Waals surface area contributed by atoms with Crippen molar-refractivity contribution in [3.8, 4) is 0 Å². The molecule has 3 aromatic carbocycles. The van der Waals surface area contributed by atoms with E-state index >= 15 is 0 Å². The van der Waals surface area contributed by atoms with Crippen LogP contribution in [-0.2, 0) is 39.6 Å². The van der Waals surface area contributed by atoms with Gasteiger partial charge in [0.25, 0.3) is 0 Å². The second-order valence-electron chi connectivity index (χ2n) is 26.5. The van der Waals surface area contributed by atoms with E-state index in [-0.39, 0.29) is 24.2 Å². The van der Waals surface area contributed by atoms with Crippen molar-refractivity contribution in [3.63, 3.8) is 0 Å². The van der Waals surface area contributed by atoms with E-state index in [4.69, 9.17) is 59.2 Å². The summed E-state index contributed by atoms with van der Waals surface area (Å²) in [4.78, 5) is 57.3. The zero-order valence-electron chi connectivity index (χ0n) is 55.6. The fraction of sp³-hybridized carbons (Fsp3) is 0.356. The van der Waals surface area contributed by atoms with Gasteiger partial charge in [-0.25, -0.2) is 19.6 Å². The number of rotatable bonds is 8. The molecule has 1 amide bonds. The van der Waals surface area contributed by atoms with Gasteiger partial charge in [-0.1, -0.05) is 53.0 Å². The van der Waals surface area contributed by atoms with Crippen molar-refractivity contribution in [3.05, 3.63) is 223 Å². The molecule has 0 spiro atoms. The number of carbonyl (C=O) groups is 2. The van der Waals surface area contributed by atoms with E-state index in [1.807, 2.05) is 125 Å². The molecule has 3 unspecified atom stereocenters. The summed E-state index contributed by atoms with van der Waals surface area (Å²) >= 11 is 29.9. The van der Waals surface area contributed by atoms with Crippen LogP contribution in [0.15, 0.2) is 130 Å². The minimum Gasteiger partial charge on any atom is -0.465 e. The summed E-state index contributed by atoms with van der Waals surface area (Å²) in [7, 11) is 5.15. The number of hydrogen-bond acceptors (Lipinski definition) is 16. The smallest absolute Gasteiger partial charge is 0.410 e. The molecule has 3 fully saturated rings. The van der Waals surface area contributed by atoms with Crippen molar-refractivity contribution >= 4 is 130 Å². The maximum Gasteiger partial charge on any atom is 0.410 e. The van der Waals surface area contributed by atoms with Gasteiger partial charge in [-0.3, -0.25) is 29.7 Å². The minimum atomic E-state index is -1.29. The first kappa shape index (κ1) is 71.3. The quantitative estimate of drug-likeness (QED) is 0.104. The summed E-state index contributed by atoms with van der Waals surface area (Å²) in [6, 6.07) is 23.4. The van der Waals surface area contributed by atoms with E-state index in [0.29, 0.717) is 63.8 Å². The van der Waals surface area contributed by atoms with Gasteiger partial charge in [0.05, 0.1) is 84.3 Å². The maximum atomic E-state index is 12.8. The van der Waals surface area contributed by atoms with E-state index < -0.39 is 22.8 Å². The number of aliphatic hydroxyl groups is 2. The van der Waals surface area contributed by atoms with Crippen LogP contribution in [0, 0.1) is 0 Å². The number of halogens is 6. The molecule has 98 heavy (non-hydrogen) atoms. The Morgan fingerprint density at radius 1 is 0.520 bits per heavy atom. The number of esters is 1. The third-order valence-electron chi connectivity index (χ3n) is 18.7. The highest BCUT2D eigenvalue weighted by atomic mass is 79.9. The van der Waals surface area contributed by atoms with Gasteiger partial charge in [0.2, 0.25) is 0 Å². The number of nitrogens with zero attached hydrogens (tertiary/aromatic N) is 11. The van der Waals surface area contributed by atoms with Crippen LogP contribution >= 0.6 is 82.6 Å². The Hall–Kier alpha value is -6.48. The highest BCUT2D eigenvalue weighted by molar-refractivity contribution is 9.11. The minimum absolute atomic E-state index is 0.0384. The summed E-state index contributed by atoms with van der Waals surface area (Å²) < 4.78 is 16.8. The van der Waals surface area contributed by atoms with Crippen molar-refractivity contribution in [2.75, 3.05) is 85.6 Å². The van der Waals surface area contributed by atoms with E-state index in [2.05, 4.69) is 120 Å². The Morgan fingerprint density at radius 2 is 0.888 bits per heavy atom. The highest BCUT2D eigenvalue weighted by Gasteiger charge is 2.42. The molecule has 5 atom stereocenters. The Balaban J connectivity index is 0.000000140. The first-order valence-electron chi connectivity index (χ1n) is 32.4. The van der Waals surface area contributed by atoms with E-state index in [1.54, 1.807) is 36.1 Å². The first-order valence-corrected chi connectivity index (χ1v) is 35.9. The number of fused-ring (bicyclic) bond motifs is 6. The number of carbonyl (C=O) groups excluding carboxylic acids is 2. The van der Waals surface area contributed by atoms with E-state index in [9.17, 15) is 19.8 Å². The van der Waals surface area contributed by atoms with Gasteiger partial charge in [-0.2, -0.15) is 0 Å². The molecule has 0 radical (unpaired) electrons. The van der Waals surface area contributed by atoms with Crippen LogP contribution in [0.2, 0.25) is 15.1 Å². The number of hydrogen-bond donors (Lipinski definition) is 4. The van der Waals surface area contributed by atoms with Crippen molar-refractivity contribution in [2.24, 2.45) is 14.1 Å². The lowest BCUT2D eigenvalue weighted by Gasteiger charge is -2.40. The molecule has 3 aliphatic heterocycles. The molecule has 5 aromatic heterocycles. The predicted octanol–water partition coefficient (Wildman–Crippen LogP) is 13.1. The Kier molecular flexibility index (Phi) is 21.6. The van der Waals surface area contributed by atoms with Crippen LogP contribution in [0.5, 0.6) is 0 Å². The molecule has 0 bridgehead atoms. The van der Waals surface area contributed by atoms with E-state index in [1.165, 1.54) is 7.11 Å². The molecule has 0 saturated carbocycles. The van der Waals surface area contributed by atoms with Crippen molar-refractivity contribution < 1.29 is 29.3 Å². The molecule has 14 rings (SSSR count). The summed E-state index contributed by atoms with van der Waals surface area (Å²) in [6.07, 6.45) is 17.9. The summed E-state index contributed by atoms with van der Waals surface area (Å²) in [5, 5.41) is 32.6. The number of amides is 1. The lowest BCUT2D eigenvalue weighted by molar-refractivity contribution is -0.133. The molecule has 4 N–H and O–H groups in total. The van der Waals surface area contributed by atoms with Crippen LogP contribution in [0.3, 0.4) is 0 Å². The molecule has 3 aliphatic carbocycles. The average Bonchev–Trinajstić information content (AvgIpc) is 1.59. The summed E-state index contributed by atoms with van der Waals surface area (Å²) in [5.41, 5.74) is 11.5. The number of methoxy groups -OCH3 is 1. The predicted molar refractivity (Wildman–Crippen MR) is 395 cm³/mol. The summed E-state index contributed by atoms with van der Waals surface area (Å²) in [6.45, 7) is 18.9. The van der Waals surface area contributed by atoms with Gasteiger partial charge < -0.3 is 44.4 Å². The Morgan fingerprint density at radius 3 is 1.26 bits per heavy atom. The lowest BCUT2D eigenvalue weighted by Crippen LogP contribution is -2.51. The van der Waals surface area contributed by atoms with E-state index in [0.717, 1.165) is 139 Å². The fourth-order valence-electron chi connectivity index (χ4n) is 14.0. The normalized spacial score (nSPS) is 19.9. The van der Waals surface area contributed by atoms with Gasteiger partial charge in [0.1, 0.15) is 16.8 Å². The number of aromatic nitrogens is 7. The molecule has 25 heteroatoms. The number of imidazole rings is 2. The molecule has 6 aliphatic rings. The number of nitrogens with one attached hydrogen (secondary N) is 2. The topological polar surface area (TPSA) is 204 Å². The number of ether oxygens (including phenoxy) is 2. The third kappa shape index (κ3) is 15.0. The largest absolute Gasteiger partial charge is 0.465 e. The molecule has 19 nitrogen and oxygen atoms in total. The molecular weight excluding hydrogens is 1500 g/mol. The molecule has 8 aromatic rings. The van der Waals surface area contributed by atoms with Crippen molar-refractivity contribution in [1.29, 1.82) is 0 Å². The lowest BCUT2D eigenvalue weighted by atomic mass is 9.85. The highest BCUT2D eigenvalue weighted by Crippen LogP contribution is 2.49. The maximum absolute atomic E-state index is 12.8. The number of pyridine rings is 3. The zero-order valence-corrected chi connectivity index (χ0v) is 62.7. The van der Waals surface area contributed by atoms with Crippen LogP contribution in [0.4, 0.5) is 4.79 Å². The van der Waals surface area contributed by atoms with Crippen LogP contribution < -0.4 is 10.6 Å². The van der Waals surface area contributed by atoms with Crippen LogP contribution in [0.25, 0.3) is 34.9 Å².